The summed E-state index contributed by atoms with van der Waals surface area (Å²) in [6.45, 7) is 0. The largest absolute Gasteiger partial charge is 0.440 e. The summed E-state index contributed by atoms with van der Waals surface area (Å²) in [5.41, 5.74) is 0. The summed E-state index contributed by atoms with van der Waals surface area (Å²) in [7, 11) is 0. The number of halogens is 1. The molecule has 0 saturated carbocycles. The Morgan fingerprint density at radius 1 is 1.56 bits per heavy atom. The van der Waals surface area contributed by atoms with Crippen molar-refractivity contribution in [2.75, 3.05) is 5.88 Å². The van der Waals surface area contributed by atoms with Crippen LogP contribution in [0, 0.1) is 10.1 Å². The molecule has 0 fully saturated rings. The first-order valence-corrected chi connectivity index (χ1v) is 5.81. The Hall–Kier alpha value is -1.40. The van der Waals surface area contributed by atoms with E-state index in [0.29, 0.717) is 28.8 Å². The molecule has 0 bridgehead atoms. The lowest BCUT2D eigenvalue weighted by Gasteiger charge is -1.88. The summed E-state index contributed by atoms with van der Waals surface area (Å²) in [5.74, 6) is 1.52. The van der Waals surface area contributed by atoms with Gasteiger partial charge in [0.2, 0.25) is 0 Å². The third kappa shape index (κ3) is 2.23. The quantitative estimate of drug-likeness (QED) is 0.480. The molecular formula is C9H7ClN2O3S. The van der Waals surface area contributed by atoms with E-state index >= 15 is 0 Å². The van der Waals surface area contributed by atoms with E-state index in [1.54, 1.807) is 12.3 Å². The molecule has 5 nitrogen and oxygen atoms in total. The maximum Gasteiger partial charge on any atom is 0.324 e. The average Bonchev–Trinajstić information content (AvgIpc) is 2.84. The SMILES string of the molecule is O=[N+]([O-])c1ccc(-c2cnc(CCCl)o2)s1. The summed E-state index contributed by atoms with van der Waals surface area (Å²) in [6.07, 6.45) is 2.10. The molecule has 2 aromatic rings. The number of aromatic nitrogens is 1. The van der Waals surface area contributed by atoms with Crippen molar-refractivity contribution in [3.05, 3.63) is 34.3 Å². The van der Waals surface area contributed by atoms with Gasteiger partial charge in [0.15, 0.2) is 11.7 Å². The Morgan fingerprint density at radius 2 is 2.38 bits per heavy atom. The lowest BCUT2D eigenvalue weighted by atomic mass is 10.4. The molecule has 0 atom stereocenters. The van der Waals surface area contributed by atoms with Gasteiger partial charge in [-0.1, -0.05) is 11.3 Å². The number of alkyl halides is 1. The topological polar surface area (TPSA) is 69.2 Å². The first kappa shape index (κ1) is 11.1. The number of thiophene rings is 1. The van der Waals surface area contributed by atoms with Crippen LogP contribution >= 0.6 is 22.9 Å². The minimum absolute atomic E-state index is 0.0882. The van der Waals surface area contributed by atoms with Gasteiger partial charge in [-0.15, -0.1) is 11.6 Å². The van der Waals surface area contributed by atoms with Crippen molar-refractivity contribution in [2.24, 2.45) is 0 Å². The van der Waals surface area contributed by atoms with Gasteiger partial charge >= 0.3 is 5.00 Å². The van der Waals surface area contributed by atoms with Gasteiger partial charge in [-0.3, -0.25) is 10.1 Å². The van der Waals surface area contributed by atoms with E-state index in [-0.39, 0.29) is 5.00 Å². The zero-order chi connectivity index (χ0) is 11.5. The lowest BCUT2D eigenvalue weighted by Crippen LogP contribution is -1.83. The first-order chi connectivity index (χ1) is 7.70. The molecule has 0 N–H and O–H groups in total. The predicted octanol–water partition coefficient (Wildman–Crippen LogP) is 3.09. The molecule has 2 aromatic heterocycles. The molecule has 0 aliphatic rings. The van der Waals surface area contributed by atoms with Crippen LogP contribution in [0.15, 0.2) is 22.7 Å². The van der Waals surface area contributed by atoms with E-state index in [1.807, 2.05) is 0 Å². The van der Waals surface area contributed by atoms with Crippen molar-refractivity contribution in [1.29, 1.82) is 0 Å². The zero-order valence-electron chi connectivity index (χ0n) is 8.05. The fourth-order valence-corrected chi connectivity index (χ4v) is 2.11. The van der Waals surface area contributed by atoms with E-state index in [4.69, 9.17) is 16.0 Å². The Kier molecular flexibility index (Phi) is 3.21. The van der Waals surface area contributed by atoms with E-state index in [2.05, 4.69) is 4.98 Å². The Morgan fingerprint density at radius 3 is 3.00 bits per heavy atom. The minimum Gasteiger partial charge on any atom is -0.440 e. The second-order valence-electron chi connectivity index (χ2n) is 2.95. The zero-order valence-corrected chi connectivity index (χ0v) is 9.62. The van der Waals surface area contributed by atoms with Gasteiger partial charge in [-0.05, 0) is 6.07 Å². The summed E-state index contributed by atoms with van der Waals surface area (Å²) >= 11 is 6.61. The molecule has 0 spiro atoms. The number of rotatable bonds is 4. The van der Waals surface area contributed by atoms with Crippen LogP contribution in [0.1, 0.15) is 5.89 Å². The minimum atomic E-state index is -0.426. The number of hydrogen-bond acceptors (Lipinski definition) is 5. The molecule has 0 unspecified atom stereocenters. The molecular weight excluding hydrogens is 252 g/mol. The Balaban J connectivity index is 2.24. The standard InChI is InChI=1S/C9H7ClN2O3S/c10-4-3-8-11-5-6(15-8)7-1-2-9(16-7)12(13)14/h1-2,5H,3-4H2. The van der Waals surface area contributed by atoms with Gasteiger partial charge in [-0.25, -0.2) is 4.98 Å². The van der Waals surface area contributed by atoms with Crippen molar-refractivity contribution in [3.8, 4) is 10.6 Å². The summed E-state index contributed by atoms with van der Waals surface area (Å²) in [5, 5.41) is 10.6. The smallest absolute Gasteiger partial charge is 0.324 e. The van der Waals surface area contributed by atoms with Gasteiger partial charge in [0.05, 0.1) is 16.0 Å². The maximum atomic E-state index is 10.5. The van der Waals surface area contributed by atoms with Crippen molar-refractivity contribution in [2.45, 2.75) is 6.42 Å². The van der Waals surface area contributed by atoms with Crippen LogP contribution < -0.4 is 0 Å². The van der Waals surface area contributed by atoms with Crippen LogP contribution in [-0.4, -0.2) is 15.8 Å². The normalized spacial score (nSPS) is 10.6. The highest BCUT2D eigenvalue weighted by molar-refractivity contribution is 7.18. The molecule has 2 rings (SSSR count). The summed E-state index contributed by atoms with van der Waals surface area (Å²) in [6, 6.07) is 3.09. The van der Waals surface area contributed by atoms with E-state index in [1.165, 1.54) is 6.07 Å². The van der Waals surface area contributed by atoms with E-state index in [0.717, 1.165) is 11.3 Å². The molecule has 0 amide bonds. The predicted molar refractivity (Wildman–Crippen MR) is 60.9 cm³/mol. The molecule has 0 radical (unpaired) electrons. The second-order valence-corrected chi connectivity index (χ2v) is 4.39. The average molecular weight is 259 g/mol. The van der Waals surface area contributed by atoms with Gasteiger partial charge in [0.25, 0.3) is 0 Å². The molecule has 0 saturated heterocycles. The fourth-order valence-electron chi connectivity index (χ4n) is 1.18. The number of nitro groups is 1. The Bertz CT molecular complexity index is 508. The van der Waals surface area contributed by atoms with Crippen molar-refractivity contribution in [3.63, 3.8) is 0 Å². The summed E-state index contributed by atoms with van der Waals surface area (Å²) < 4.78 is 5.40. The van der Waals surface area contributed by atoms with Crippen LogP contribution in [0.2, 0.25) is 0 Å². The van der Waals surface area contributed by atoms with Crippen molar-refractivity contribution in [1.82, 2.24) is 4.98 Å². The summed E-state index contributed by atoms with van der Waals surface area (Å²) in [4.78, 5) is 14.8. The number of aryl methyl sites for hydroxylation is 1. The van der Waals surface area contributed by atoms with Crippen LogP contribution in [0.5, 0.6) is 0 Å². The molecule has 0 aromatic carbocycles. The lowest BCUT2D eigenvalue weighted by molar-refractivity contribution is -0.380. The van der Waals surface area contributed by atoms with Crippen molar-refractivity contribution < 1.29 is 9.34 Å². The fraction of sp³-hybridized carbons (Fsp3) is 0.222. The number of oxazole rings is 1. The maximum absolute atomic E-state index is 10.5. The van der Waals surface area contributed by atoms with Crippen LogP contribution in [-0.2, 0) is 6.42 Å². The van der Waals surface area contributed by atoms with E-state index < -0.39 is 4.92 Å². The highest BCUT2D eigenvalue weighted by atomic mass is 35.5. The molecule has 84 valence electrons. The highest BCUT2D eigenvalue weighted by Gasteiger charge is 2.14. The number of hydrogen-bond donors (Lipinski definition) is 0. The van der Waals surface area contributed by atoms with Gasteiger partial charge < -0.3 is 4.42 Å². The van der Waals surface area contributed by atoms with E-state index in [9.17, 15) is 10.1 Å². The van der Waals surface area contributed by atoms with Gasteiger partial charge in [-0.2, -0.15) is 0 Å². The Labute approximate surface area is 99.8 Å². The second kappa shape index (κ2) is 4.63. The molecule has 7 heteroatoms. The third-order valence-electron chi connectivity index (χ3n) is 1.88. The third-order valence-corrected chi connectivity index (χ3v) is 3.12. The van der Waals surface area contributed by atoms with Crippen LogP contribution in [0.4, 0.5) is 5.00 Å². The van der Waals surface area contributed by atoms with Crippen LogP contribution in [0.25, 0.3) is 10.6 Å². The molecule has 0 aliphatic heterocycles. The monoisotopic (exact) mass is 258 g/mol. The molecule has 0 aliphatic carbocycles. The highest BCUT2D eigenvalue weighted by Crippen LogP contribution is 2.32. The molecule has 16 heavy (non-hydrogen) atoms. The van der Waals surface area contributed by atoms with Gasteiger partial charge in [0, 0.05) is 18.4 Å². The molecule has 2 heterocycles. The van der Waals surface area contributed by atoms with Crippen molar-refractivity contribution >= 4 is 27.9 Å². The van der Waals surface area contributed by atoms with Crippen LogP contribution in [0.3, 0.4) is 0 Å². The first-order valence-electron chi connectivity index (χ1n) is 4.46. The van der Waals surface area contributed by atoms with Gasteiger partial charge in [0.1, 0.15) is 0 Å². The number of nitrogens with zero attached hydrogens (tertiary/aromatic N) is 2.